The van der Waals surface area contributed by atoms with Crippen molar-refractivity contribution in [2.24, 2.45) is 0 Å². The van der Waals surface area contributed by atoms with Crippen LogP contribution in [0, 0.1) is 13.8 Å². The first kappa shape index (κ1) is 15.0. The van der Waals surface area contributed by atoms with Crippen molar-refractivity contribution in [2.45, 2.75) is 26.8 Å². The van der Waals surface area contributed by atoms with E-state index in [1.54, 1.807) is 13.1 Å². The maximum Gasteiger partial charge on any atom is 0.333 e. The summed E-state index contributed by atoms with van der Waals surface area (Å²) in [6.07, 6.45) is 1.71. The first-order valence-electron chi connectivity index (χ1n) is 7.03. The molecule has 2 aromatic rings. The largest absolute Gasteiger partial charge is 0.464 e. The number of ether oxygens (including phenoxy) is 1. The average molecular weight is 284 g/mol. The minimum absolute atomic E-state index is 0.300. The SMILES string of the molecule is CCOC(=O)C(Nc1ccccc1C)c1ccc(C)nc1. The van der Waals surface area contributed by atoms with Crippen molar-refractivity contribution in [1.29, 1.82) is 0 Å². The fourth-order valence-electron chi connectivity index (χ4n) is 2.04. The van der Waals surface area contributed by atoms with Gasteiger partial charge >= 0.3 is 5.97 Å². The highest BCUT2D eigenvalue weighted by atomic mass is 16.5. The van der Waals surface area contributed by atoms with Crippen molar-refractivity contribution in [2.75, 3.05) is 11.9 Å². The number of nitrogens with one attached hydrogen (secondary N) is 1. The van der Waals surface area contributed by atoms with Crippen LogP contribution in [-0.2, 0) is 9.53 Å². The predicted octanol–water partition coefficient (Wildman–Crippen LogP) is 3.41. The number of esters is 1. The first-order chi connectivity index (χ1) is 10.1. The van der Waals surface area contributed by atoms with E-state index >= 15 is 0 Å². The van der Waals surface area contributed by atoms with Gasteiger partial charge in [0.25, 0.3) is 0 Å². The van der Waals surface area contributed by atoms with Gasteiger partial charge in [0, 0.05) is 23.1 Å². The van der Waals surface area contributed by atoms with E-state index in [4.69, 9.17) is 4.74 Å². The van der Waals surface area contributed by atoms with Gasteiger partial charge in [0.15, 0.2) is 6.04 Å². The summed E-state index contributed by atoms with van der Waals surface area (Å²) in [5.41, 5.74) is 3.70. The zero-order valence-electron chi connectivity index (χ0n) is 12.6. The van der Waals surface area contributed by atoms with Crippen LogP contribution in [0.3, 0.4) is 0 Å². The molecule has 110 valence electrons. The van der Waals surface area contributed by atoms with E-state index < -0.39 is 6.04 Å². The Kier molecular flexibility index (Phi) is 4.93. The topological polar surface area (TPSA) is 51.2 Å². The summed E-state index contributed by atoms with van der Waals surface area (Å²) in [6.45, 7) is 6.07. The van der Waals surface area contributed by atoms with E-state index in [0.29, 0.717) is 6.61 Å². The van der Waals surface area contributed by atoms with Crippen molar-refractivity contribution in [3.05, 3.63) is 59.4 Å². The molecular weight excluding hydrogens is 264 g/mol. The van der Waals surface area contributed by atoms with Gasteiger partial charge < -0.3 is 10.1 Å². The quantitative estimate of drug-likeness (QED) is 0.855. The van der Waals surface area contributed by atoms with Crippen molar-refractivity contribution < 1.29 is 9.53 Å². The fraction of sp³-hybridized carbons (Fsp3) is 0.294. The lowest BCUT2D eigenvalue weighted by molar-refractivity contribution is -0.144. The van der Waals surface area contributed by atoms with Crippen LogP contribution in [0.4, 0.5) is 5.69 Å². The van der Waals surface area contributed by atoms with E-state index in [9.17, 15) is 4.79 Å². The number of aryl methyl sites for hydroxylation is 2. The third-order valence-electron chi connectivity index (χ3n) is 3.23. The molecule has 2 rings (SSSR count). The number of hydrogen-bond donors (Lipinski definition) is 1. The van der Waals surface area contributed by atoms with E-state index in [2.05, 4.69) is 10.3 Å². The molecule has 0 spiro atoms. The Morgan fingerprint density at radius 3 is 2.62 bits per heavy atom. The molecule has 0 aliphatic carbocycles. The summed E-state index contributed by atoms with van der Waals surface area (Å²) in [7, 11) is 0. The number of anilines is 1. The number of nitrogens with zero attached hydrogens (tertiary/aromatic N) is 1. The molecule has 0 aliphatic rings. The highest BCUT2D eigenvalue weighted by Crippen LogP contribution is 2.23. The third-order valence-corrected chi connectivity index (χ3v) is 3.23. The smallest absolute Gasteiger partial charge is 0.333 e. The summed E-state index contributed by atoms with van der Waals surface area (Å²) in [4.78, 5) is 16.5. The average Bonchev–Trinajstić information content (AvgIpc) is 2.48. The molecule has 1 heterocycles. The summed E-state index contributed by atoms with van der Waals surface area (Å²) in [6, 6.07) is 11.1. The number of rotatable bonds is 5. The van der Waals surface area contributed by atoms with Gasteiger partial charge in [-0.1, -0.05) is 24.3 Å². The van der Waals surface area contributed by atoms with Crippen LogP contribution in [0.25, 0.3) is 0 Å². The Morgan fingerprint density at radius 2 is 2.00 bits per heavy atom. The predicted molar refractivity (Wildman–Crippen MR) is 83.1 cm³/mol. The molecule has 4 heteroatoms. The lowest BCUT2D eigenvalue weighted by Gasteiger charge is -2.20. The lowest BCUT2D eigenvalue weighted by Crippen LogP contribution is -2.24. The Balaban J connectivity index is 2.30. The molecule has 0 fully saturated rings. The van der Waals surface area contributed by atoms with Crippen molar-refractivity contribution in [3.63, 3.8) is 0 Å². The molecule has 0 saturated carbocycles. The number of pyridine rings is 1. The highest BCUT2D eigenvalue weighted by molar-refractivity contribution is 5.81. The monoisotopic (exact) mass is 284 g/mol. The van der Waals surface area contributed by atoms with E-state index in [1.165, 1.54) is 0 Å². The molecule has 0 amide bonds. The van der Waals surface area contributed by atoms with Crippen LogP contribution < -0.4 is 5.32 Å². The van der Waals surface area contributed by atoms with Gasteiger partial charge in [-0.2, -0.15) is 0 Å². The van der Waals surface area contributed by atoms with Gasteiger partial charge in [-0.25, -0.2) is 4.79 Å². The zero-order valence-corrected chi connectivity index (χ0v) is 12.6. The minimum atomic E-state index is -0.556. The van der Waals surface area contributed by atoms with Crippen LogP contribution in [0.1, 0.15) is 29.8 Å². The van der Waals surface area contributed by atoms with E-state index in [-0.39, 0.29) is 5.97 Å². The summed E-state index contributed by atoms with van der Waals surface area (Å²) >= 11 is 0. The van der Waals surface area contributed by atoms with Crippen LogP contribution in [0.5, 0.6) is 0 Å². The second-order valence-corrected chi connectivity index (χ2v) is 4.88. The summed E-state index contributed by atoms with van der Waals surface area (Å²) in [5, 5.41) is 3.25. The molecule has 1 aromatic carbocycles. The van der Waals surface area contributed by atoms with Crippen molar-refractivity contribution in [3.8, 4) is 0 Å². The molecule has 0 aliphatic heterocycles. The Hall–Kier alpha value is -2.36. The lowest BCUT2D eigenvalue weighted by atomic mass is 10.1. The number of carbonyl (C=O) groups is 1. The highest BCUT2D eigenvalue weighted by Gasteiger charge is 2.22. The summed E-state index contributed by atoms with van der Waals surface area (Å²) in [5.74, 6) is -0.300. The Labute approximate surface area is 125 Å². The molecule has 1 aromatic heterocycles. The third kappa shape index (κ3) is 3.81. The minimum Gasteiger partial charge on any atom is -0.464 e. The number of benzene rings is 1. The van der Waals surface area contributed by atoms with Crippen LogP contribution in [0.15, 0.2) is 42.6 Å². The van der Waals surface area contributed by atoms with Crippen LogP contribution in [0.2, 0.25) is 0 Å². The number of aromatic nitrogens is 1. The molecule has 1 atom stereocenters. The second-order valence-electron chi connectivity index (χ2n) is 4.88. The van der Waals surface area contributed by atoms with Gasteiger partial charge in [-0.15, -0.1) is 0 Å². The van der Waals surface area contributed by atoms with Gasteiger partial charge in [0.1, 0.15) is 0 Å². The van der Waals surface area contributed by atoms with Gasteiger partial charge in [-0.05, 0) is 38.5 Å². The van der Waals surface area contributed by atoms with Gasteiger partial charge in [0.05, 0.1) is 6.61 Å². The molecule has 0 saturated heterocycles. The molecular formula is C17H20N2O2. The fourth-order valence-corrected chi connectivity index (χ4v) is 2.04. The van der Waals surface area contributed by atoms with E-state index in [1.807, 2.05) is 50.2 Å². The molecule has 0 radical (unpaired) electrons. The maximum atomic E-state index is 12.2. The Morgan fingerprint density at radius 1 is 1.24 bits per heavy atom. The first-order valence-corrected chi connectivity index (χ1v) is 7.03. The van der Waals surface area contributed by atoms with Gasteiger partial charge in [0.2, 0.25) is 0 Å². The summed E-state index contributed by atoms with van der Waals surface area (Å²) < 4.78 is 5.17. The normalized spacial score (nSPS) is 11.8. The molecule has 21 heavy (non-hydrogen) atoms. The standard InChI is InChI=1S/C17H20N2O2/c1-4-21-17(20)16(14-10-9-13(3)18-11-14)19-15-8-6-5-7-12(15)2/h5-11,16,19H,4H2,1-3H3. The molecule has 0 bridgehead atoms. The Bertz CT molecular complexity index is 608. The zero-order chi connectivity index (χ0) is 15.2. The van der Waals surface area contributed by atoms with Crippen LogP contribution >= 0.6 is 0 Å². The number of para-hydroxylation sites is 1. The van der Waals surface area contributed by atoms with E-state index in [0.717, 1.165) is 22.5 Å². The molecule has 1 N–H and O–H groups in total. The second kappa shape index (κ2) is 6.88. The number of carbonyl (C=O) groups excluding carboxylic acids is 1. The van der Waals surface area contributed by atoms with Crippen molar-refractivity contribution >= 4 is 11.7 Å². The number of hydrogen-bond acceptors (Lipinski definition) is 4. The maximum absolute atomic E-state index is 12.2. The van der Waals surface area contributed by atoms with Crippen LogP contribution in [-0.4, -0.2) is 17.6 Å². The molecule has 4 nitrogen and oxygen atoms in total. The van der Waals surface area contributed by atoms with Crippen molar-refractivity contribution in [1.82, 2.24) is 4.98 Å². The van der Waals surface area contributed by atoms with Gasteiger partial charge in [-0.3, -0.25) is 4.98 Å². The molecule has 1 unspecified atom stereocenters.